The zero-order valence-corrected chi connectivity index (χ0v) is 30.2. The summed E-state index contributed by atoms with van der Waals surface area (Å²) in [6, 6.07) is 27.5. The van der Waals surface area contributed by atoms with Gasteiger partial charge in [-0.3, -0.25) is 4.90 Å². The van der Waals surface area contributed by atoms with Crippen molar-refractivity contribution in [3.8, 4) is 5.75 Å². The maximum Gasteiger partial charge on any atom is 0.387 e. The second-order valence-electron chi connectivity index (χ2n) is 12.7. The number of ether oxygens (including phenoxy) is 4. The number of nitrogens with zero attached hydrogens (tertiary/aromatic N) is 2. The zero-order valence-electron chi connectivity index (χ0n) is 30.2. The lowest BCUT2D eigenvalue weighted by Gasteiger charge is -2.39. The largest absolute Gasteiger partial charge is 0.462 e. The molecule has 0 saturated carbocycles. The van der Waals surface area contributed by atoms with Crippen LogP contribution in [0.2, 0.25) is 0 Å². The number of hydrogen-bond acceptors (Lipinski definition) is 9. The molecule has 2 aliphatic rings. The van der Waals surface area contributed by atoms with E-state index in [2.05, 4.69) is 63.6 Å². The van der Waals surface area contributed by atoms with E-state index in [1.54, 1.807) is 18.2 Å². The van der Waals surface area contributed by atoms with E-state index in [0.29, 0.717) is 30.7 Å². The first-order valence-electron chi connectivity index (χ1n) is 18.0. The molecule has 0 radical (unpaired) electrons. The van der Waals surface area contributed by atoms with Gasteiger partial charge < -0.3 is 29.2 Å². The van der Waals surface area contributed by atoms with Gasteiger partial charge in [0.15, 0.2) is 0 Å². The Morgan fingerprint density at radius 1 is 0.750 bits per heavy atom. The van der Waals surface area contributed by atoms with E-state index < -0.39 is 24.5 Å². The van der Waals surface area contributed by atoms with Crippen LogP contribution >= 0.6 is 0 Å². The third-order valence-electron chi connectivity index (χ3n) is 9.50. The molecule has 2 heterocycles. The number of halogens is 2. The zero-order chi connectivity index (χ0) is 36.9. The minimum absolute atomic E-state index is 0.0186. The predicted molar refractivity (Wildman–Crippen MR) is 195 cm³/mol. The lowest BCUT2D eigenvalue weighted by Crippen LogP contribution is -2.48. The van der Waals surface area contributed by atoms with Crippen molar-refractivity contribution in [1.82, 2.24) is 15.1 Å². The number of nitrogens with one attached hydrogen (secondary N) is 1. The molecule has 3 aromatic carbocycles. The van der Waals surface area contributed by atoms with Crippen LogP contribution in [0.5, 0.6) is 5.75 Å². The van der Waals surface area contributed by atoms with Gasteiger partial charge in [-0.2, -0.15) is 8.78 Å². The van der Waals surface area contributed by atoms with Gasteiger partial charge in [0.05, 0.1) is 36.3 Å². The monoisotopic (exact) mass is 717 g/mol. The Labute approximate surface area is 305 Å². The maximum absolute atomic E-state index is 14.0. The number of carbonyl (C=O) groups is 2. The van der Waals surface area contributed by atoms with E-state index in [0.717, 1.165) is 32.7 Å². The number of piperazine rings is 1. The minimum atomic E-state index is -3.11. The molecule has 0 amide bonds. The van der Waals surface area contributed by atoms with Crippen LogP contribution in [0.1, 0.15) is 61.8 Å². The Hall–Kier alpha value is -4.58. The number of benzene rings is 3. The molecule has 52 heavy (non-hydrogen) atoms. The van der Waals surface area contributed by atoms with Crippen molar-refractivity contribution in [1.29, 1.82) is 0 Å². The highest BCUT2D eigenvalue weighted by Crippen LogP contribution is 2.44. The van der Waals surface area contributed by atoms with Crippen LogP contribution in [0.4, 0.5) is 8.78 Å². The molecule has 1 saturated heterocycles. The van der Waals surface area contributed by atoms with Crippen molar-refractivity contribution in [2.24, 2.45) is 0 Å². The molecular weight excluding hydrogens is 668 g/mol. The molecule has 0 spiro atoms. The van der Waals surface area contributed by atoms with Gasteiger partial charge in [-0.25, -0.2) is 9.59 Å². The molecule has 0 aromatic heterocycles. The fourth-order valence-corrected chi connectivity index (χ4v) is 7.04. The van der Waals surface area contributed by atoms with Crippen LogP contribution in [0.25, 0.3) is 0 Å². The topological polar surface area (TPSA) is 89.6 Å². The second kappa shape index (κ2) is 19.3. The Bertz CT molecular complexity index is 1640. The number of hydrogen-bond donors (Lipinski definition) is 1. The van der Waals surface area contributed by atoms with Gasteiger partial charge in [-0.1, -0.05) is 92.7 Å². The van der Waals surface area contributed by atoms with Crippen molar-refractivity contribution in [2.45, 2.75) is 51.7 Å². The van der Waals surface area contributed by atoms with Crippen molar-refractivity contribution >= 4 is 11.9 Å². The normalized spacial score (nSPS) is 17.0. The van der Waals surface area contributed by atoms with Crippen LogP contribution in [0.3, 0.4) is 0 Å². The molecule has 1 fully saturated rings. The van der Waals surface area contributed by atoms with E-state index in [4.69, 9.17) is 18.9 Å². The van der Waals surface area contributed by atoms with Crippen LogP contribution in [0.15, 0.2) is 107 Å². The third-order valence-corrected chi connectivity index (χ3v) is 9.50. The van der Waals surface area contributed by atoms with Crippen molar-refractivity contribution < 1.29 is 37.3 Å². The lowest BCUT2D eigenvalue weighted by molar-refractivity contribution is -0.141. The van der Waals surface area contributed by atoms with Crippen LogP contribution in [-0.4, -0.2) is 88.0 Å². The van der Waals surface area contributed by atoms with Gasteiger partial charge >= 0.3 is 18.6 Å². The molecule has 278 valence electrons. The van der Waals surface area contributed by atoms with E-state index in [-0.39, 0.29) is 48.3 Å². The van der Waals surface area contributed by atoms with Crippen molar-refractivity contribution in [3.63, 3.8) is 0 Å². The van der Waals surface area contributed by atoms with Gasteiger partial charge in [0.1, 0.15) is 12.4 Å². The molecule has 2 aliphatic heterocycles. The standard InChI is InChI=1S/C41H49F2N3O6/c1-4-32-36(35(31-19-12-13-20-34(31)52-41(42)43)37(33(5-2)44-32)40(48)51-28-27-49-3)39(47)50-26-14-21-45-22-24-46(25-23-45)38(29-15-8-6-9-16-29)30-17-10-7-11-18-30/h6-13,15-20,35,38,41,44H,4-5,14,21-28H2,1-3H3. The fraction of sp³-hybridized carbons (Fsp3) is 0.415. The smallest absolute Gasteiger partial charge is 0.387 e. The molecule has 1 unspecified atom stereocenters. The first-order valence-corrected chi connectivity index (χ1v) is 18.0. The second-order valence-corrected chi connectivity index (χ2v) is 12.7. The molecule has 0 bridgehead atoms. The van der Waals surface area contributed by atoms with E-state index >= 15 is 0 Å². The number of esters is 2. The van der Waals surface area contributed by atoms with E-state index in [1.807, 2.05) is 26.0 Å². The molecule has 9 nitrogen and oxygen atoms in total. The van der Waals surface area contributed by atoms with Crippen LogP contribution in [0, 0.1) is 0 Å². The molecule has 3 aromatic rings. The molecular formula is C41H49F2N3O6. The average molecular weight is 718 g/mol. The Balaban J connectivity index is 1.28. The summed E-state index contributed by atoms with van der Waals surface area (Å²) in [5.74, 6) is -2.50. The Morgan fingerprint density at radius 3 is 1.83 bits per heavy atom. The number of methoxy groups -OCH3 is 1. The maximum atomic E-state index is 14.0. The number of allylic oxidation sites excluding steroid dienone is 2. The number of alkyl halides is 2. The third kappa shape index (κ3) is 9.64. The van der Waals surface area contributed by atoms with Gasteiger partial charge in [0.25, 0.3) is 0 Å². The summed E-state index contributed by atoms with van der Waals surface area (Å²) in [5, 5.41) is 3.27. The molecule has 0 aliphatic carbocycles. The summed E-state index contributed by atoms with van der Waals surface area (Å²) in [7, 11) is 1.49. The first-order chi connectivity index (χ1) is 25.4. The summed E-state index contributed by atoms with van der Waals surface area (Å²) in [6.45, 7) is 5.22. The average Bonchev–Trinajstić information content (AvgIpc) is 3.17. The number of carbonyl (C=O) groups excluding carboxylic acids is 2. The van der Waals surface area contributed by atoms with Gasteiger partial charge in [-0.05, 0) is 36.5 Å². The summed E-state index contributed by atoms with van der Waals surface area (Å²) in [6.07, 6.45) is 1.41. The molecule has 1 atom stereocenters. The van der Waals surface area contributed by atoms with Crippen LogP contribution < -0.4 is 10.1 Å². The summed E-state index contributed by atoms with van der Waals surface area (Å²) < 4.78 is 48.5. The first kappa shape index (κ1) is 38.6. The van der Waals surface area contributed by atoms with E-state index in [1.165, 1.54) is 24.3 Å². The van der Waals surface area contributed by atoms with Gasteiger partial charge in [0, 0.05) is 56.8 Å². The van der Waals surface area contributed by atoms with Crippen LogP contribution in [-0.2, 0) is 23.8 Å². The van der Waals surface area contributed by atoms with Gasteiger partial charge in [-0.15, -0.1) is 0 Å². The highest BCUT2D eigenvalue weighted by atomic mass is 19.3. The lowest BCUT2D eigenvalue weighted by atomic mass is 9.79. The minimum Gasteiger partial charge on any atom is -0.462 e. The summed E-state index contributed by atoms with van der Waals surface area (Å²) >= 11 is 0. The number of rotatable bonds is 17. The fourth-order valence-electron chi connectivity index (χ4n) is 7.04. The Morgan fingerprint density at radius 2 is 1.29 bits per heavy atom. The molecule has 1 N–H and O–H groups in total. The molecule has 5 rings (SSSR count). The van der Waals surface area contributed by atoms with E-state index in [9.17, 15) is 18.4 Å². The van der Waals surface area contributed by atoms with Crippen molar-refractivity contribution in [3.05, 3.63) is 124 Å². The Kier molecular flexibility index (Phi) is 14.4. The highest BCUT2D eigenvalue weighted by Gasteiger charge is 2.41. The number of dihydropyridines is 1. The summed E-state index contributed by atoms with van der Waals surface area (Å²) in [5.41, 5.74) is 4.18. The quantitative estimate of drug-likeness (QED) is 0.119. The SMILES string of the molecule is CCC1=C(C(=O)OCCCN2CCN(C(c3ccccc3)c3ccccc3)CC2)C(c2ccccc2OC(F)F)C(C(=O)OCCOC)=C(CC)N1. The molecule has 11 heteroatoms. The van der Waals surface area contributed by atoms with Gasteiger partial charge in [0.2, 0.25) is 0 Å². The highest BCUT2D eigenvalue weighted by molar-refractivity contribution is 6.00. The summed E-state index contributed by atoms with van der Waals surface area (Å²) in [4.78, 5) is 32.6. The number of para-hydroxylation sites is 1. The predicted octanol–water partition coefficient (Wildman–Crippen LogP) is 6.83. The van der Waals surface area contributed by atoms with Crippen molar-refractivity contribution in [2.75, 3.05) is 59.7 Å².